The van der Waals surface area contributed by atoms with Gasteiger partial charge in [-0.1, -0.05) is 24.8 Å². The smallest absolute Gasteiger partial charge is 0.361 e. The highest BCUT2D eigenvalue weighted by molar-refractivity contribution is 6.76. The fourth-order valence-corrected chi connectivity index (χ4v) is 5.48. The quantitative estimate of drug-likeness (QED) is 0.318. The van der Waals surface area contributed by atoms with Crippen molar-refractivity contribution in [1.29, 1.82) is 0 Å². The third kappa shape index (κ3) is 5.52. The summed E-state index contributed by atoms with van der Waals surface area (Å²) in [6, 6.07) is 3.04. The van der Waals surface area contributed by atoms with Gasteiger partial charge >= 0.3 is 6.18 Å². The van der Waals surface area contributed by atoms with Gasteiger partial charge in [-0.15, -0.1) is 0 Å². The van der Waals surface area contributed by atoms with Crippen molar-refractivity contribution in [1.82, 2.24) is 25.0 Å². The van der Waals surface area contributed by atoms with E-state index in [-0.39, 0.29) is 11.2 Å². The molecular weight excluding hydrogens is 505 g/mol. The second kappa shape index (κ2) is 9.42. The minimum atomic E-state index is -4.35. The van der Waals surface area contributed by atoms with Crippen molar-refractivity contribution in [2.45, 2.75) is 69.8 Å². The van der Waals surface area contributed by atoms with Crippen molar-refractivity contribution in [3.8, 4) is 0 Å². The number of hydrogen-bond acceptors (Lipinski definition) is 7. The lowest BCUT2D eigenvalue weighted by molar-refractivity contribution is -0.133. The SMILES string of the molecule is C[Si](C)(C)CCOCn1ccc2c(N3Cc4c(noc4C(=O)NCCC(F)(F)F)C4(CC4)C3)ncnc21. The zero-order valence-corrected chi connectivity index (χ0v) is 22.2. The minimum Gasteiger partial charge on any atom is -0.361 e. The Morgan fingerprint density at radius 2 is 2.05 bits per heavy atom. The van der Waals surface area contributed by atoms with Crippen LogP contribution in [0.3, 0.4) is 0 Å². The molecule has 1 aliphatic carbocycles. The summed E-state index contributed by atoms with van der Waals surface area (Å²) in [5.74, 6) is 0.00401. The Labute approximate surface area is 213 Å². The summed E-state index contributed by atoms with van der Waals surface area (Å²) in [6.07, 6.45) is -0.237. The summed E-state index contributed by atoms with van der Waals surface area (Å²) in [5, 5.41) is 7.34. The molecular formula is C24H31F3N6O3Si. The molecule has 1 aliphatic heterocycles. The van der Waals surface area contributed by atoms with E-state index in [9.17, 15) is 18.0 Å². The lowest BCUT2D eigenvalue weighted by atomic mass is 9.92. The molecule has 0 atom stereocenters. The van der Waals surface area contributed by atoms with Crippen molar-refractivity contribution in [3.63, 3.8) is 0 Å². The normalized spacial score (nSPS) is 16.9. The Morgan fingerprint density at radius 1 is 1.27 bits per heavy atom. The van der Waals surface area contributed by atoms with E-state index < -0.39 is 33.1 Å². The van der Waals surface area contributed by atoms with Crippen molar-refractivity contribution in [2.24, 2.45) is 0 Å². The molecule has 4 heterocycles. The number of aromatic nitrogens is 4. The van der Waals surface area contributed by atoms with Crippen LogP contribution in [0.2, 0.25) is 25.7 Å². The topological polar surface area (TPSA) is 98.3 Å². The molecule has 1 spiro atoms. The van der Waals surface area contributed by atoms with Crippen LogP contribution in [0.25, 0.3) is 11.0 Å². The van der Waals surface area contributed by atoms with Gasteiger partial charge in [0.15, 0.2) is 0 Å². The number of hydrogen-bond donors (Lipinski definition) is 1. The molecule has 1 amide bonds. The third-order valence-electron chi connectivity index (χ3n) is 6.95. The van der Waals surface area contributed by atoms with Crippen LogP contribution in [-0.4, -0.2) is 59.5 Å². The predicted octanol–water partition coefficient (Wildman–Crippen LogP) is 4.47. The van der Waals surface area contributed by atoms with Crippen LogP contribution in [0, 0.1) is 0 Å². The fraction of sp³-hybridized carbons (Fsp3) is 0.583. The first-order valence-corrected chi connectivity index (χ1v) is 16.1. The Morgan fingerprint density at radius 3 is 2.76 bits per heavy atom. The molecule has 3 aromatic heterocycles. The van der Waals surface area contributed by atoms with Gasteiger partial charge in [0, 0.05) is 44.9 Å². The predicted molar refractivity (Wildman–Crippen MR) is 133 cm³/mol. The Balaban J connectivity index is 1.35. The summed E-state index contributed by atoms with van der Waals surface area (Å²) >= 11 is 0. The van der Waals surface area contributed by atoms with Crippen LogP contribution >= 0.6 is 0 Å². The summed E-state index contributed by atoms with van der Waals surface area (Å²) < 4.78 is 50.8. The number of nitrogens with one attached hydrogen (secondary N) is 1. The monoisotopic (exact) mass is 536 g/mol. The van der Waals surface area contributed by atoms with Gasteiger partial charge in [0.05, 0.1) is 24.0 Å². The molecule has 37 heavy (non-hydrogen) atoms. The van der Waals surface area contributed by atoms with Gasteiger partial charge in [0.2, 0.25) is 5.76 Å². The summed E-state index contributed by atoms with van der Waals surface area (Å²) in [5.41, 5.74) is 1.84. The highest BCUT2D eigenvalue weighted by atomic mass is 28.3. The zero-order chi connectivity index (χ0) is 26.4. The summed E-state index contributed by atoms with van der Waals surface area (Å²) in [6.45, 7) is 8.48. The lowest BCUT2D eigenvalue weighted by Gasteiger charge is -2.33. The number of nitrogens with zero attached hydrogens (tertiary/aromatic N) is 5. The Kier molecular flexibility index (Phi) is 6.55. The van der Waals surface area contributed by atoms with E-state index in [1.54, 1.807) is 0 Å². The van der Waals surface area contributed by atoms with Crippen molar-refractivity contribution >= 4 is 30.8 Å². The summed E-state index contributed by atoms with van der Waals surface area (Å²) in [7, 11) is -1.18. The average Bonchev–Trinajstić information content (AvgIpc) is 3.24. The largest absolute Gasteiger partial charge is 0.390 e. The maximum atomic E-state index is 12.7. The maximum absolute atomic E-state index is 12.7. The molecule has 0 aromatic carbocycles. The zero-order valence-electron chi connectivity index (χ0n) is 21.2. The molecule has 3 aromatic rings. The van der Waals surface area contributed by atoms with Gasteiger partial charge in [-0.3, -0.25) is 4.79 Å². The first-order valence-electron chi connectivity index (χ1n) is 12.4. The number of carbonyl (C=O) groups excluding carboxylic acids is 1. The fourth-order valence-electron chi connectivity index (χ4n) is 4.72. The van der Waals surface area contributed by atoms with Crippen LogP contribution < -0.4 is 10.2 Å². The molecule has 9 nitrogen and oxygen atoms in total. The number of halogens is 3. The Bertz CT molecular complexity index is 1300. The molecule has 0 saturated heterocycles. The van der Waals surface area contributed by atoms with Crippen molar-refractivity contribution < 1.29 is 27.2 Å². The highest BCUT2D eigenvalue weighted by Crippen LogP contribution is 2.53. The third-order valence-corrected chi connectivity index (χ3v) is 8.65. The number of fused-ring (bicyclic) bond motifs is 3. The van der Waals surface area contributed by atoms with E-state index in [0.717, 1.165) is 41.4 Å². The van der Waals surface area contributed by atoms with E-state index in [4.69, 9.17) is 9.26 Å². The molecule has 0 unspecified atom stereocenters. The van der Waals surface area contributed by atoms with Crippen molar-refractivity contribution in [2.75, 3.05) is 24.6 Å². The molecule has 5 rings (SSSR count). The van der Waals surface area contributed by atoms with E-state index >= 15 is 0 Å². The van der Waals surface area contributed by atoms with Crippen molar-refractivity contribution in [3.05, 3.63) is 35.6 Å². The van der Waals surface area contributed by atoms with Crippen LogP contribution in [0.1, 0.15) is 41.1 Å². The lowest BCUT2D eigenvalue weighted by Crippen LogP contribution is -2.39. The summed E-state index contributed by atoms with van der Waals surface area (Å²) in [4.78, 5) is 23.8. The van der Waals surface area contributed by atoms with E-state index in [1.807, 2.05) is 16.8 Å². The number of anilines is 1. The van der Waals surface area contributed by atoms with Gasteiger partial charge in [0.25, 0.3) is 5.91 Å². The van der Waals surface area contributed by atoms with Crippen LogP contribution in [0.15, 0.2) is 23.1 Å². The van der Waals surface area contributed by atoms with E-state index in [2.05, 4.69) is 45.0 Å². The second-order valence-electron chi connectivity index (χ2n) is 11.2. The highest BCUT2D eigenvalue weighted by Gasteiger charge is 2.53. The number of alkyl halides is 3. The van der Waals surface area contributed by atoms with Gasteiger partial charge in [-0.25, -0.2) is 9.97 Å². The Hall–Kier alpha value is -2.93. The van der Waals surface area contributed by atoms with E-state index in [0.29, 0.717) is 32.0 Å². The van der Waals surface area contributed by atoms with Crippen LogP contribution in [0.5, 0.6) is 0 Å². The molecule has 1 N–H and O–H groups in total. The van der Waals surface area contributed by atoms with Gasteiger partial charge in [-0.2, -0.15) is 13.2 Å². The molecule has 200 valence electrons. The van der Waals surface area contributed by atoms with Gasteiger partial charge in [0.1, 0.15) is 24.5 Å². The molecule has 2 aliphatic rings. The second-order valence-corrected chi connectivity index (χ2v) is 16.8. The maximum Gasteiger partial charge on any atom is 0.390 e. The van der Waals surface area contributed by atoms with Crippen LogP contribution in [-0.2, 0) is 23.4 Å². The van der Waals surface area contributed by atoms with Crippen LogP contribution in [0.4, 0.5) is 19.0 Å². The molecule has 1 fully saturated rings. The molecule has 1 saturated carbocycles. The first-order chi connectivity index (χ1) is 17.5. The standard InChI is InChI=1S/C24H31F3N6O3Si/c1-37(2,3)11-10-35-15-32-9-4-16-20(32)29-14-30-21(16)33-12-17-18(22(34)28-8-7-24(25,26)27)36-31-19(17)23(13-33)5-6-23/h4,9,14H,5-8,10-13,15H2,1-3H3,(H,28,34). The van der Waals surface area contributed by atoms with E-state index in [1.165, 1.54) is 6.33 Å². The first kappa shape index (κ1) is 25.7. The average molecular weight is 537 g/mol. The molecule has 0 bridgehead atoms. The molecule has 0 radical (unpaired) electrons. The minimum absolute atomic E-state index is 0.0354. The van der Waals surface area contributed by atoms with Gasteiger partial charge < -0.3 is 24.0 Å². The number of rotatable bonds is 9. The number of amides is 1. The van der Waals surface area contributed by atoms with Gasteiger partial charge in [-0.05, 0) is 25.0 Å². The number of ether oxygens (including phenoxy) is 1. The molecule has 13 heteroatoms. The number of carbonyl (C=O) groups is 1.